The van der Waals surface area contributed by atoms with Gasteiger partial charge in [-0.2, -0.15) is 0 Å². The van der Waals surface area contributed by atoms with Crippen molar-refractivity contribution in [2.75, 3.05) is 13.2 Å². The average molecular weight is 155 g/mol. The Morgan fingerprint density at radius 2 is 2.73 bits per heavy atom. The largest absolute Gasteiger partial charge is 0.390 e. The van der Waals surface area contributed by atoms with Crippen LogP contribution >= 0.6 is 0 Å². The Morgan fingerprint density at radius 3 is 3.27 bits per heavy atom. The van der Waals surface area contributed by atoms with Crippen LogP contribution in [0, 0.1) is 0 Å². The second-order valence-corrected chi connectivity index (χ2v) is 2.21. The second kappa shape index (κ2) is 3.98. The highest BCUT2D eigenvalue weighted by molar-refractivity contribution is 4.99. The number of aliphatic hydroxyl groups is 1. The lowest BCUT2D eigenvalue weighted by Crippen LogP contribution is -2.27. The quantitative estimate of drug-likeness (QED) is 0.280. The summed E-state index contributed by atoms with van der Waals surface area (Å²) < 4.78 is 5.07. The minimum atomic E-state index is -0.718. The number of nitrogens with zero attached hydrogens (tertiary/aromatic N) is 3. The third kappa shape index (κ3) is 2.23. The Kier molecular flexibility index (Phi) is 2.92. The van der Waals surface area contributed by atoms with E-state index in [0.717, 1.165) is 0 Å². The Balaban J connectivity index is 2.34. The SMILES string of the molecule is [N-]=[N+]=NCC(O)C1C=CCO1. The molecule has 5 heteroatoms. The van der Waals surface area contributed by atoms with Crippen LogP contribution in [-0.4, -0.2) is 30.5 Å². The fraction of sp³-hybridized carbons (Fsp3) is 0.667. The van der Waals surface area contributed by atoms with Gasteiger partial charge in [0.15, 0.2) is 0 Å². The number of aliphatic hydroxyl groups excluding tert-OH is 1. The van der Waals surface area contributed by atoms with Gasteiger partial charge in [-0.05, 0) is 5.53 Å². The Hall–Kier alpha value is -1.03. The molecule has 0 radical (unpaired) electrons. The van der Waals surface area contributed by atoms with E-state index in [2.05, 4.69) is 10.0 Å². The molecule has 0 amide bonds. The van der Waals surface area contributed by atoms with Crippen molar-refractivity contribution in [2.45, 2.75) is 12.2 Å². The van der Waals surface area contributed by atoms with E-state index in [0.29, 0.717) is 6.61 Å². The zero-order chi connectivity index (χ0) is 8.10. The van der Waals surface area contributed by atoms with Gasteiger partial charge >= 0.3 is 0 Å². The standard InChI is InChI=1S/C6H9N3O2/c7-9-8-4-5(10)6-2-1-3-11-6/h1-2,5-6,10H,3-4H2. The predicted molar refractivity (Wildman–Crippen MR) is 38.9 cm³/mol. The summed E-state index contributed by atoms with van der Waals surface area (Å²) in [5.74, 6) is 0. The minimum Gasteiger partial charge on any atom is -0.390 e. The molecule has 1 rings (SSSR count). The van der Waals surface area contributed by atoms with E-state index in [1.807, 2.05) is 6.08 Å². The molecule has 0 aromatic heterocycles. The predicted octanol–water partition coefficient (Wildman–Crippen LogP) is 0.613. The molecule has 2 atom stereocenters. The van der Waals surface area contributed by atoms with E-state index in [4.69, 9.17) is 10.3 Å². The summed E-state index contributed by atoms with van der Waals surface area (Å²) in [6.07, 6.45) is 2.56. The molecule has 0 spiro atoms. The van der Waals surface area contributed by atoms with Gasteiger partial charge in [0.25, 0.3) is 0 Å². The summed E-state index contributed by atoms with van der Waals surface area (Å²) in [5.41, 5.74) is 7.95. The molecule has 5 nitrogen and oxygen atoms in total. The fourth-order valence-corrected chi connectivity index (χ4v) is 0.875. The molecule has 1 N–H and O–H groups in total. The zero-order valence-corrected chi connectivity index (χ0v) is 5.92. The van der Waals surface area contributed by atoms with E-state index in [9.17, 15) is 5.11 Å². The summed E-state index contributed by atoms with van der Waals surface area (Å²) in [7, 11) is 0. The van der Waals surface area contributed by atoms with Crippen LogP contribution in [0.2, 0.25) is 0 Å². The average Bonchev–Trinajstić information content (AvgIpc) is 2.52. The molecule has 2 unspecified atom stereocenters. The normalized spacial score (nSPS) is 24.6. The van der Waals surface area contributed by atoms with Crippen molar-refractivity contribution in [1.82, 2.24) is 0 Å². The number of azide groups is 1. The van der Waals surface area contributed by atoms with E-state index in [-0.39, 0.29) is 12.6 Å². The molecule has 60 valence electrons. The van der Waals surface area contributed by atoms with E-state index >= 15 is 0 Å². The maximum atomic E-state index is 9.24. The number of hydrogen-bond donors (Lipinski definition) is 1. The molecule has 1 aliphatic rings. The molecule has 11 heavy (non-hydrogen) atoms. The van der Waals surface area contributed by atoms with Gasteiger partial charge in [0.1, 0.15) is 6.10 Å². The first-order valence-electron chi connectivity index (χ1n) is 3.32. The highest BCUT2D eigenvalue weighted by atomic mass is 16.5. The van der Waals surface area contributed by atoms with Crippen molar-refractivity contribution in [1.29, 1.82) is 0 Å². The van der Waals surface area contributed by atoms with Crippen LogP contribution in [-0.2, 0) is 4.74 Å². The van der Waals surface area contributed by atoms with Crippen LogP contribution in [0.1, 0.15) is 0 Å². The fourth-order valence-electron chi connectivity index (χ4n) is 0.875. The third-order valence-electron chi connectivity index (χ3n) is 1.42. The van der Waals surface area contributed by atoms with Gasteiger partial charge in [-0.1, -0.05) is 17.3 Å². The molecule has 0 aromatic rings. The van der Waals surface area contributed by atoms with Crippen molar-refractivity contribution in [3.05, 3.63) is 22.6 Å². The number of ether oxygens (including phenoxy) is 1. The third-order valence-corrected chi connectivity index (χ3v) is 1.42. The van der Waals surface area contributed by atoms with Crippen molar-refractivity contribution >= 4 is 0 Å². The van der Waals surface area contributed by atoms with Gasteiger partial charge in [0.2, 0.25) is 0 Å². The van der Waals surface area contributed by atoms with Gasteiger partial charge in [0, 0.05) is 4.91 Å². The highest BCUT2D eigenvalue weighted by Gasteiger charge is 2.18. The summed E-state index contributed by atoms with van der Waals surface area (Å²) >= 11 is 0. The Morgan fingerprint density at radius 1 is 1.91 bits per heavy atom. The molecular weight excluding hydrogens is 146 g/mol. The maximum Gasteiger partial charge on any atom is 0.102 e. The van der Waals surface area contributed by atoms with Gasteiger partial charge < -0.3 is 9.84 Å². The maximum absolute atomic E-state index is 9.24. The van der Waals surface area contributed by atoms with Gasteiger partial charge in [-0.25, -0.2) is 0 Å². The molecule has 0 saturated heterocycles. The van der Waals surface area contributed by atoms with E-state index in [1.54, 1.807) is 6.08 Å². The molecule has 1 aliphatic heterocycles. The molecule has 0 fully saturated rings. The molecule has 0 bridgehead atoms. The lowest BCUT2D eigenvalue weighted by molar-refractivity contribution is 0.0185. The summed E-state index contributed by atoms with van der Waals surface area (Å²) in [4.78, 5) is 2.53. The van der Waals surface area contributed by atoms with Gasteiger partial charge in [-0.15, -0.1) is 0 Å². The smallest absolute Gasteiger partial charge is 0.102 e. The monoisotopic (exact) mass is 155 g/mol. The number of rotatable bonds is 3. The van der Waals surface area contributed by atoms with Crippen molar-refractivity contribution < 1.29 is 9.84 Å². The summed E-state index contributed by atoms with van der Waals surface area (Å²) in [6.45, 7) is 0.587. The van der Waals surface area contributed by atoms with Crippen molar-refractivity contribution in [3.8, 4) is 0 Å². The first-order valence-corrected chi connectivity index (χ1v) is 3.32. The van der Waals surface area contributed by atoms with Crippen LogP contribution in [0.25, 0.3) is 10.4 Å². The van der Waals surface area contributed by atoms with Crippen LogP contribution < -0.4 is 0 Å². The van der Waals surface area contributed by atoms with Crippen LogP contribution in [0.5, 0.6) is 0 Å². The lowest BCUT2D eigenvalue weighted by Gasteiger charge is -2.13. The van der Waals surface area contributed by atoms with Crippen LogP contribution in [0.3, 0.4) is 0 Å². The van der Waals surface area contributed by atoms with Crippen LogP contribution in [0.15, 0.2) is 17.3 Å². The Bertz CT molecular complexity index is 198. The van der Waals surface area contributed by atoms with Crippen LogP contribution in [0.4, 0.5) is 0 Å². The van der Waals surface area contributed by atoms with Gasteiger partial charge in [-0.3, -0.25) is 0 Å². The number of hydrogen-bond acceptors (Lipinski definition) is 3. The van der Waals surface area contributed by atoms with Crippen molar-refractivity contribution in [2.24, 2.45) is 5.11 Å². The molecule has 0 aliphatic carbocycles. The zero-order valence-electron chi connectivity index (χ0n) is 5.92. The Labute approximate surface area is 63.9 Å². The topological polar surface area (TPSA) is 78.2 Å². The highest BCUT2D eigenvalue weighted by Crippen LogP contribution is 2.08. The molecule has 0 aromatic carbocycles. The summed E-state index contributed by atoms with van der Waals surface area (Å²) in [5, 5.41) is 12.5. The minimum absolute atomic E-state index is 0.0610. The van der Waals surface area contributed by atoms with E-state index < -0.39 is 6.10 Å². The molecular formula is C6H9N3O2. The molecule has 0 saturated carbocycles. The first-order chi connectivity index (χ1) is 5.34. The van der Waals surface area contributed by atoms with E-state index in [1.165, 1.54) is 0 Å². The molecule has 1 heterocycles. The summed E-state index contributed by atoms with van der Waals surface area (Å²) in [6, 6.07) is 0. The van der Waals surface area contributed by atoms with Gasteiger partial charge in [0.05, 0.1) is 19.3 Å². The lowest BCUT2D eigenvalue weighted by atomic mass is 10.2. The first kappa shape index (κ1) is 8.07. The second-order valence-electron chi connectivity index (χ2n) is 2.21. The van der Waals surface area contributed by atoms with Crippen molar-refractivity contribution in [3.63, 3.8) is 0 Å².